The lowest BCUT2D eigenvalue weighted by Gasteiger charge is -2.34. The fourth-order valence-electron chi connectivity index (χ4n) is 5.62. The monoisotopic (exact) mass is 672 g/mol. The van der Waals surface area contributed by atoms with Crippen LogP contribution in [0.1, 0.15) is 35.2 Å². The zero-order chi connectivity index (χ0) is 26.8. The Morgan fingerprint density at radius 1 is 0.545 bits per heavy atom. The van der Waals surface area contributed by atoms with Crippen molar-refractivity contribution in [3.8, 4) is 22.5 Å². The van der Waals surface area contributed by atoms with Gasteiger partial charge in [0, 0.05) is 62.8 Å². The molecule has 1 fully saturated rings. The second kappa shape index (κ2) is 17.7. The molecule has 0 aliphatic carbocycles. The van der Waals surface area contributed by atoms with Crippen LogP contribution in [-0.4, -0.2) is 45.9 Å². The molecule has 3 heterocycles. The Hall–Kier alpha value is -2.70. The third-order valence-electron chi connectivity index (χ3n) is 8.19. The Bertz CT molecular complexity index is 1610. The molecule has 0 N–H and O–H groups in total. The van der Waals surface area contributed by atoms with Gasteiger partial charge in [0.25, 0.3) is 0 Å². The molecule has 1 aliphatic rings. The maximum absolute atomic E-state index is 4.69. The number of benzene rings is 3. The molecular weight excluding hydrogens is 630 g/mol. The molecule has 0 atom stereocenters. The van der Waals surface area contributed by atoms with Crippen LogP contribution in [0.4, 0.5) is 0 Å². The highest BCUT2D eigenvalue weighted by atomic mass is 35.5. The molecular formula is C36H44Cl4N4. The van der Waals surface area contributed by atoms with E-state index in [0.29, 0.717) is 0 Å². The summed E-state index contributed by atoms with van der Waals surface area (Å²) >= 11 is 0. The van der Waals surface area contributed by atoms with Gasteiger partial charge in [0.2, 0.25) is 0 Å². The van der Waals surface area contributed by atoms with Crippen molar-refractivity contribution in [2.75, 3.05) is 26.2 Å². The van der Waals surface area contributed by atoms with E-state index in [1.54, 1.807) is 0 Å². The lowest BCUT2D eigenvalue weighted by molar-refractivity contribution is 0.122. The van der Waals surface area contributed by atoms with Crippen LogP contribution >= 0.6 is 49.6 Å². The van der Waals surface area contributed by atoms with Crippen molar-refractivity contribution in [1.29, 1.82) is 0 Å². The van der Waals surface area contributed by atoms with Gasteiger partial charge >= 0.3 is 0 Å². The molecule has 1 aliphatic heterocycles. The van der Waals surface area contributed by atoms with Gasteiger partial charge in [-0.2, -0.15) is 0 Å². The minimum atomic E-state index is 0. The standard InChI is InChI=1S/C35H36N4.CH4.4ClH/c1-25-18-33(19-26(2)27(25)3)35-21-29(11-13-37-35)24-39-16-14-38(15-17-39)23-28-10-12-36-34(20-28)32-9-8-30-6-4-5-7-31(30)22-32;;;;;/h4-13,18-22H,14-17,23-24H2,1-3H3;1H4;4*1H. The normalized spacial score (nSPS) is 13.0. The van der Waals surface area contributed by atoms with Crippen LogP contribution in [0.3, 0.4) is 0 Å². The lowest BCUT2D eigenvalue weighted by atomic mass is 9.98. The van der Waals surface area contributed by atoms with Gasteiger partial charge in [-0.3, -0.25) is 19.8 Å². The number of piperazine rings is 1. The number of fused-ring (bicyclic) bond motifs is 1. The van der Waals surface area contributed by atoms with Gasteiger partial charge in [-0.15, -0.1) is 49.6 Å². The molecule has 8 heteroatoms. The highest BCUT2D eigenvalue weighted by Gasteiger charge is 2.18. The highest BCUT2D eigenvalue weighted by molar-refractivity contribution is 5.87. The predicted molar refractivity (Wildman–Crippen MR) is 197 cm³/mol. The van der Waals surface area contributed by atoms with Crippen LogP contribution in [0.25, 0.3) is 33.3 Å². The molecule has 5 aromatic rings. The summed E-state index contributed by atoms with van der Waals surface area (Å²) < 4.78 is 0. The zero-order valence-corrected chi connectivity index (χ0v) is 28.1. The first-order chi connectivity index (χ1) is 19.0. The van der Waals surface area contributed by atoms with Gasteiger partial charge in [0.15, 0.2) is 0 Å². The van der Waals surface area contributed by atoms with Crippen LogP contribution in [-0.2, 0) is 13.1 Å². The van der Waals surface area contributed by atoms with E-state index in [0.717, 1.165) is 50.7 Å². The van der Waals surface area contributed by atoms with Crippen molar-refractivity contribution < 1.29 is 0 Å². The highest BCUT2D eigenvalue weighted by Crippen LogP contribution is 2.26. The minimum absolute atomic E-state index is 0. The fraction of sp³-hybridized carbons (Fsp3) is 0.278. The van der Waals surface area contributed by atoms with E-state index in [4.69, 9.17) is 0 Å². The number of nitrogens with zero attached hydrogens (tertiary/aromatic N) is 4. The number of rotatable bonds is 6. The van der Waals surface area contributed by atoms with Crippen LogP contribution < -0.4 is 0 Å². The summed E-state index contributed by atoms with van der Waals surface area (Å²) in [6.07, 6.45) is 3.91. The summed E-state index contributed by atoms with van der Waals surface area (Å²) in [5.41, 5.74) is 11.2. The quantitative estimate of drug-likeness (QED) is 0.180. The second-order valence-corrected chi connectivity index (χ2v) is 10.9. The lowest BCUT2D eigenvalue weighted by Crippen LogP contribution is -2.45. The number of halogens is 4. The molecule has 0 radical (unpaired) electrons. The summed E-state index contributed by atoms with van der Waals surface area (Å²) in [6, 6.07) is 28.5. The van der Waals surface area contributed by atoms with E-state index in [-0.39, 0.29) is 57.1 Å². The Morgan fingerprint density at radius 3 is 1.55 bits per heavy atom. The van der Waals surface area contributed by atoms with Crippen LogP contribution in [0.15, 0.2) is 91.3 Å². The number of aryl methyl sites for hydroxylation is 2. The van der Waals surface area contributed by atoms with Gasteiger partial charge in [0.05, 0.1) is 11.4 Å². The third-order valence-corrected chi connectivity index (χ3v) is 8.19. The van der Waals surface area contributed by atoms with Gasteiger partial charge in [0.1, 0.15) is 0 Å². The topological polar surface area (TPSA) is 32.3 Å². The van der Waals surface area contributed by atoms with E-state index in [1.165, 1.54) is 49.7 Å². The molecule has 4 nitrogen and oxygen atoms in total. The van der Waals surface area contributed by atoms with Crippen LogP contribution in [0.5, 0.6) is 0 Å². The van der Waals surface area contributed by atoms with Crippen LogP contribution in [0.2, 0.25) is 0 Å². The first kappa shape index (κ1) is 39.3. The molecule has 0 amide bonds. The molecule has 0 saturated carbocycles. The summed E-state index contributed by atoms with van der Waals surface area (Å²) in [7, 11) is 0. The van der Waals surface area contributed by atoms with Gasteiger partial charge in [-0.25, -0.2) is 0 Å². The molecule has 6 rings (SSSR count). The van der Waals surface area contributed by atoms with Crippen molar-refractivity contribution in [1.82, 2.24) is 19.8 Å². The maximum atomic E-state index is 4.69. The molecule has 3 aromatic carbocycles. The Kier molecular flexibility index (Phi) is 15.8. The molecule has 0 unspecified atom stereocenters. The Balaban J connectivity index is 0.00000194. The van der Waals surface area contributed by atoms with E-state index < -0.39 is 0 Å². The van der Waals surface area contributed by atoms with Gasteiger partial charge in [-0.05, 0) is 102 Å². The van der Waals surface area contributed by atoms with Crippen molar-refractivity contribution in [3.05, 3.63) is 119 Å². The van der Waals surface area contributed by atoms with E-state index in [1.807, 2.05) is 12.4 Å². The summed E-state index contributed by atoms with van der Waals surface area (Å²) in [5.74, 6) is 0. The largest absolute Gasteiger partial charge is 0.297 e. The number of hydrogen-bond donors (Lipinski definition) is 0. The predicted octanol–water partition coefficient (Wildman–Crippen LogP) is 9.53. The number of aromatic nitrogens is 2. The second-order valence-electron chi connectivity index (χ2n) is 10.9. The van der Waals surface area contributed by atoms with Crippen molar-refractivity contribution in [3.63, 3.8) is 0 Å². The smallest absolute Gasteiger partial charge is 0.0705 e. The van der Waals surface area contributed by atoms with Gasteiger partial charge in [-0.1, -0.05) is 43.8 Å². The molecule has 44 heavy (non-hydrogen) atoms. The zero-order valence-electron chi connectivity index (χ0n) is 24.8. The SMILES string of the molecule is C.Cc1cc(-c2cc(CN3CCN(Cc4ccnc(-c5ccc6ccccc6c5)c4)CC3)ccn2)cc(C)c1C.Cl.Cl.Cl.Cl. The molecule has 0 bridgehead atoms. The molecule has 2 aromatic heterocycles. The summed E-state index contributed by atoms with van der Waals surface area (Å²) in [4.78, 5) is 14.5. The Morgan fingerprint density at radius 2 is 1.02 bits per heavy atom. The third kappa shape index (κ3) is 9.17. The van der Waals surface area contributed by atoms with E-state index in [2.05, 4.69) is 119 Å². The van der Waals surface area contributed by atoms with Crippen molar-refractivity contribution in [2.24, 2.45) is 0 Å². The number of pyridine rings is 2. The van der Waals surface area contributed by atoms with Crippen molar-refractivity contribution >= 4 is 60.4 Å². The Labute approximate surface area is 288 Å². The number of hydrogen-bond acceptors (Lipinski definition) is 4. The summed E-state index contributed by atoms with van der Waals surface area (Å²) in [6.45, 7) is 12.8. The first-order valence-corrected chi connectivity index (χ1v) is 13.9. The molecule has 0 spiro atoms. The average molecular weight is 675 g/mol. The minimum Gasteiger partial charge on any atom is -0.297 e. The van der Waals surface area contributed by atoms with Crippen molar-refractivity contribution in [2.45, 2.75) is 41.3 Å². The first-order valence-electron chi connectivity index (χ1n) is 13.9. The molecule has 236 valence electrons. The average Bonchev–Trinajstić information content (AvgIpc) is 2.97. The fourth-order valence-corrected chi connectivity index (χ4v) is 5.62. The van der Waals surface area contributed by atoms with Crippen LogP contribution in [0, 0.1) is 20.8 Å². The van der Waals surface area contributed by atoms with Gasteiger partial charge < -0.3 is 0 Å². The van der Waals surface area contributed by atoms with E-state index in [9.17, 15) is 0 Å². The summed E-state index contributed by atoms with van der Waals surface area (Å²) in [5, 5.41) is 2.52. The maximum Gasteiger partial charge on any atom is 0.0705 e. The molecule has 1 saturated heterocycles. The van der Waals surface area contributed by atoms with E-state index >= 15 is 0 Å².